The molecule has 2 aromatic carbocycles. The van der Waals surface area contributed by atoms with Gasteiger partial charge in [-0.3, -0.25) is 0 Å². The summed E-state index contributed by atoms with van der Waals surface area (Å²) in [6, 6.07) is 13.0. The molecule has 0 aromatic heterocycles. The molecule has 0 aliphatic rings. The van der Waals surface area contributed by atoms with E-state index in [-0.39, 0.29) is 0 Å². The Bertz CT molecular complexity index is 725. The molecule has 0 saturated heterocycles. The molecule has 7 heteroatoms. The summed E-state index contributed by atoms with van der Waals surface area (Å²) in [5, 5.41) is 5.23. The number of nitrogens with one attached hydrogen (secondary N) is 1. The van der Waals surface area contributed by atoms with Gasteiger partial charge in [0.2, 0.25) is 0 Å². The summed E-state index contributed by atoms with van der Waals surface area (Å²) in [7, 11) is 0. The van der Waals surface area contributed by atoms with Gasteiger partial charge in [0.05, 0.1) is 0 Å². The van der Waals surface area contributed by atoms with E-state index in [1.165, 1.54) is 0 Å². The van der Waals surface area contributed by atoms with Crippen LogP contribution in [0.4, 0.5) is 0 Å². The molecule has 0 aliphatic carbocycles. The lowest BCUT2D eigenvalue weighted by Gasteiger charge is -2.08. The molecular formula is C17H16Cl3N3S. The highest BCUT2D eigenvalue weighted by molar-refractivity contribution is 7.80. The smallest absolute Gasteiger partial charge is 0.194 e. The van der Waals surface area contributed by atoms with Gasteiger partial charge in [-0.15, -0.1) is 0 Å². The van der Waals surface area contributed by atoms with E-state index in [1.54, 1.807) is 18.2 Å². The second-order valence-electron chi connectivity index (χ2n) is 5.09. The average Bonchev–Trinajstić information content (AvgIpc) is 2.53. The molecule has 24 heavy (non-hydrogen) atoms. The van der Waals surface area contributed by atoms with Crippen LogP contribution >= 0.6 is 47.0 Å². The predicted octanol–water partition coefficient (Wildman–Crippen LogP) is 4.66. The molecule has 0 heterocycles. The van der Waals surface area contributed by atoms with E-state index >= 15 is 0 Å². The summed E-state index contributed by atoms with van der Waals surface area (Å²) in [4.78, 5) is 4.18. The summed E-state index contributed by atoms with van der Waals surface area (Å²) in [5.74, 6) is 0.356. The summed E-state index contributed by atoms with van der Waals surface area (Å²) in [5.41, 5.74) is 7.84. The summed E-state index contributed by atoms with van der Waals surface area (Å²) in [6.45, 7) is 0.657. The van der Waals surface area contributed by atoms with Gasteiger partial charge in [-0.25, -0.2) is 4.99 Å². The Hall–Kier alpha value is -1.33. The number of aliphatic imine (C=N–C) groups is 1. The van der Waals surface area contributed by atoms with Crippen LogP contribution in [0.25, 0.3) is 0 Å². The largest absolute Gasteiger partial charge is 0.387 e. The van der Waals surface area contributed by atoms with Gasteiger partial charge in [-0.2, -0.15) is 0 Å². The Morgan fingerprint density at radius 2 is 1.67 bits per heavy atom. The van der Waals surface area contributed by atoms with E-state index in [0.717, 1.165) is 22.6 Å². The minimum Gasteiger partial charge on any atom is -0.387 e. The zero-order chi connectivity index (χ0) is 17.5. The number of thiocarbonyl (C=S) groups is 1. The zero-order valence-corrected chi connectivity index (χ0v) is 15.8. The van der Waals surface area contributed by atoms with E-state index in [0.29, 0.717) is 34.0 Å². The van der Waals surface area contributed by atoms with Crippen LogP contribution in [0.3, 0.4) is 0 Å². The monoisotopic (exact) mass is 399 g/mol. The Labute approximate surface area is 161 Å². The minimum atomic E-state index is 0.338. The molecule has 2 rings (SSSR count). The summed E-state index contributed by atoms with van der Waals surface area (Å²) in [6.07, 6.45) is 1.15. The summed E-state index contributed by atoms with van der Waals surface area (Å²) >= 11 is 23.3. The Morgan fingerprint density at radius 1 is 1.04 bits per heavy atom. The molecule has 0 fully saturated rings. The van der Waals surface area contributed by atoms with Gasteiger partial charge in [-0.1, -0.05) is 53.0 Å². The van der Waals surface area contributed by atoms with Crippen LogP contribution in [-0.2, 0) is 12.8 Å². The maximum atomic E-state index is 6.12. The first-order chi connectivity index (χ1) is 11.5. The third-order valence-electron chi connectivity index (χ3n) is 3.27. The maximum Gasteiger partial charge on any atom is 0.194 e. The molecule has 0 spiro atoms. The zero-order valence-electron chi connectivity index (χ0n) is 12.7. The topological polar surface area (TPSA) is 50.4 Å². The standard InChI is InChI=1S/C17H16Cl3N3S/c18-12-6-4-11(5-7-12)8-9-22-17(24)23-16(21)10-13-14(19)2-1-3-15(13)20/h1-7H,8-10H2,(H3,21,22,23,24). The first-order valence-corrected chi connectivity index (χ1v) is 8.78. The van der Waals surface area contributed by atoms with Gasteiger partial charge in [0.15, 0.2) is 5.11 Å². The van der Waals surface area contributed by atoms with Gasteiger partial charge < -0.3 is 11.1 Å². The van der Waals surface area contributed by atoms with Gasteiger partial charge in [-0.05, 0) is 54.0 Å². The highest BCUT2D eigenvalue weighted by Gasteiger charge is 2.07. The van der Waals surface area contributed by atoms with Crippen molar-refractivity contribution in [2.24, 2.45) is 10.7 Å². The van der Waals surface area contributed by atoms with Crippen molar-refractivity contribution in [2.75, 3.05) is 6.54 Å². The lowest BCUT2D eigenvalue weighted by molar-refractivity contribution is 0.869. The second-order valence-corrected chi connectivity index (χ2v) is 6.73. The number of rotatable bonds is 5. The van der Waals surface area contributed by atoms with Crippen LogP contribution in [0.15, 0.2) is 47.5 Å². The fraction of sp³-hybridized carbons (Fsp3) is 0.176. The first kappa shape index (κ1) is 19.0. The van der Waals surface area contributed by atoms with Crippen molar-refractivity contribution in [3.63, 3.8) is 0 Å². The number of halogens is 3. The fourth-order valence-corrected chi connectivity index (χ4v) is 2.93. The fourth-order valence-electron chi connectivity index (χ4n) is 2.06. The molecule has 3 nitrogen and oxygen atoms in total. The summed E-state index contributed by atoms with van der Waals surface area (Å²) < 4.78 is 0. The number of benzene rings is 2. The van der Waals surface area contributed by atoms with E-state index in [9.17, 15) is 0 Å². The first-order valence-electron chi connectivity index (χ1n) is 7.24. The molecule has 0 saturated carbocycles. The van der Waals surface area contributed by atoms with Crippen LogP contribution in [0.1, 0.15) is 11.1 Å². The van der Waals surface area contributed by atoms with Gasteiger partial charge >= 0.3 is 0 Å². The molecule has 3 N–H and O–H groups in total. The van der Waals surface area contributed by atoms with Crippen LogP contribution < -0.4 is 11.1 Å². The Balaban J connectivity index is 1.86. The maximum absolute atomic E-state index is 6.12. The average molecular weight is 401 g/mol. The van der Waals surface area contributed by atoms with E-state index in [4.69, 9.17) is 52.8 Å². The van der Waals surface area contributed by atoms with Crippen molar-refractivity contribution >= 4 is 58.0 Å². The van der Waals surface area contributed by atoms with Gasteiger partial charge in [0, 0.05) is 28.0 Å². The molecular weight excluding hydrogens is 385 g/mol. The molecule has 0 atom stereocenters. The quantitative estimate of drug-likeness (QED) is 0.436. The Kier molecular flexibility index (Phi) is 7.31. The molecule has 2 aromatic rings. The number of hydrogen-bond acceptors (Lipinski definition) is 1. The highest BCUT2D eigenvalue weighted by atomic mass is 35.5. The van der Waals surface area contributed by atoms with Crippen molar-refractivity contribution in [1.82, 2.24) is 5.32 Å². The van der Waals surface area contributed by atoms with Crippen molar-refractivity contribution < 1.29 is 0 Å². The van der Waals surface area contributed by atoms with Crippen molar-refractivity contribution in [1.29, 1.82) is 0 Å². The van der Waals surface area contributed by atoms with E-state index in [2.05, 4.69) is 10.3 Å². The molecule has 0 bridgehead atoms. The van der Waals surface area contributed by atoms with E-state index < -0.39 is 0 Å². The van der Waals surface area contributed by atoms with Crippen LogP contribution in [0.5, 0.6) is 0 Å². The van der Waals surface area contributed by atoms with Crippen molar-refractivity contribution in [2.45, 2.75) is 12.8 Å². The van der Waals surface area contributed by atoms with E-state index in [1.807, 2.05) is 24.3 Å². The molecule has 126 valence electrons. The SMILES string of the molecule is NC(Cc1c(Cl)cccc1Cl)=NC(=S)NCCc1ccc(Cl)cc1. The molecule has 0 radical (unpaired) electrons. The molecule has 0 amide bonds. The van der Waals surface area contributed by atoms with Gasteiger partial charge in [0.1, 0.15) is 5.84 Å². The van der Waals surface area contributed by atoms with Gasteiger partial charge in [0.25, 0.3) is 0 Å². The molecule has 0 unspecified atom stereocenters. The highest BCUT2D eigenvalue weighted by Crippen LogP contribution is 2.24. The lowest BCUT2D eigenvalue weighted by atomic mass is 10.1. The number of nitrogens with zero attached hydrogens (tertiary/aromatic N) is 1. The third kappa shape index (κ3) is 5.95. The lowest BCUT2D eigenvalue weighted by Crippen LogP contribution is -2.26. The van der Waals surface area contributed by atoms with Crippen LogP contribution in [-0.4, -0.2) is 17.5 Å². The van der Waals surface area contributed by atoms with Crippen LogP contribution in [0, 0.1) is 0 Å². The number of nitrogens with two attached hydrogens (primary N) is 1. The minimum absolute atomic E-state index is 0.338. The van der Waals surface area contributed by atoms with Crippen LogP contribution in [0.2, 0.25) is 15.1 Å². The second kappa shape index (κ2) is 9.23. The predicted molar refractivity (Wildman–Crippen MR) is 108 cm³/mol. The number of amidine groups is 1. The normalized spacial score (nSPS) is 11.4. The van der Waals surface area contributed by atoms with Crippen molar-refractivity contribution in [3.05, 3.63) is 68.7 Å². The Morgan fingerprint density at radius 3 is 2.29 bits per heavy atom. The molecule has 0 aliphatic heterocycles. The number of hydrogen-bond donors (Lipinski definition) is 2. The third-order valence-corrected chi connectivity index (χ3v) is 4.46. The van der Waals surface area contributed by atoms with Crippen molar-refractivity contribution in [3.8, 4) is 0 Å².